The highest BCUT2D eigenvalue weighted by Gasteiger charge is 2.09. The quantitative estimate of drug-likeness (QED) is 0.754. The smallest absolute Gasteiger partial charge is 0.177 e. The zero-order valence-electron chi connectivity index (χ0n) is 7.56. The van der Waals surface area contributed by atoms with Crippen LogP contribution in [0.5, 0.6) is 0 Å². The summed E-state index contributed by atoms with van der Waals surface area (Å²) >= 11 is 0. The van der Waals surface area contributed by atoms with Crippen molar-refractivity contribution >= 4 is 9.84 Å². The fourth-order valence-corrected chi connectivity index (χ4v) is 1.49. The molecule has 1 atom stereocenters. The summed E-state index contributed by atoms with van der Waals surface area (Å²) in [5.41, 5.74) is 6.32. The summed E-state index contributed by atoms with van der Waals surface area (Å²) in [5, 5.41) is 0. The van der Waals surface area contributed by atoms with Crippen LogP contribution in [0.2, 0.25) is 0 Å². The first-order valence-corrected chi connectivity index (χ1v) is 5.71. The van der Waals surface area contributed by atoms with Crippen LogP contribution in [0.15, 0.2) is 23.4 Å². The van der Waals surface area contributed by atoms with Gasteiger partial charge in [-0.15, -0.1) is 0 Å². The van der Waals surface area contributed by atoms with E-state index < -0.39 is 9.84 Å². The van der Waals surface area contributed by atoms with Crippen LogP contribution in [0.25, 0.3) is 0 Å². The number of aromatic nitrogens is 1. The maximum atomic E-state index is 11.1. The van der Waals surface area contributed by atoms with Crippen LogP contribution < -0.4 is 5.73 Å². The highest BCUT2D eigenvalue weighted by Crippen LogP contribution is 2.13. The second-order valence-electron chi connectivity index (χ2n) is 3.01. The standard InChI is InChI=1S/C8H12N2O2S/c1-6(9)7-3-8(5-10-4-7)13(2,11)12/h3-6H,9H2,1-2H3/t6-/m0/s1. The first-order valence-electron chi connectivity index (χ1n) is 3.82. The lowest BCUT2D eigenvalue weighted by molar-refractivity contribution is 0.601. The van der Waals surface area contributed by atoms with Gasteiger partial charge >= 0.3 is 0 Å². The van der Waals surface area contributed by atoms with Gasteiger partial charge in [0.1, 0.15) is 0 Å². The number of sulfone groups is 1. The molecule has 0 saturated heterocycles. The van der Waals surface area contributed by atoms with E-state index in [4.69, 9.17) is 5.73 Å². The van der Waals surface area contributed by atoms with Gasteiger partial charge in [-0.1, -0.05) is 0 Å². The van der Waals surface area contributed by atoms with Crippen LogP contribution in [0.1, 0.15) is 18.5 Å². The molecule has 0 bridgehead atoms. The third-order valence-electron chi connectivity index (χ3n) is 1.69. The third-order valence-corrected chi connectivity index (χ3v) is 2.77. The molecular formula is C8H12N2O2S. The average Bonchev–Trinajstić information content (AvgIpc) is 2.03. The maximum Gasteiger partial charge on any atom is 0.177 e. The lowest BCUT2D eigenvalue weighted by atomic mass is 10.2. The highest BCUT2D eigenvalue weighted by molar-refractivity contribution is 7.90. The van der Waals surface area contributed by atoms with Crippen LogP contribution in [0.3, 0.4) is 0 Å². The Labute approximate surface area is 77.7 Å². The second-order valence-corrected chi connectivity index (χ2v) is 5.03. The van der Waals surface area contributed by atoms with E-state index in [9.17, 15) is 8.42 Å². The van der Waals surface area contributed by atoms with Crippen molar-refractivity contribution in [3.63, 3.8) is 0 Å². The van der Waals surface area contributed by atoms with Gasteiger partial charge < -0.3 is 5.73 Å². The van der Waals surface area contributed by atoms with E-state index in [1.165, 1.54) is 6.20 Å². The number of pyridine rings is 1. The van der Waals surface area contributed by atoms with Gasteiger partial charge in [0, 0.05) is 24.7 Å². The van der Waals surface area contributed by atoms with Crippen molar-refractivity contribution in [3.05, 3.63) is 24.0 Å². The first kappa shape index (κ1) is 10.1. The second kappa shape index (κ2) is 3.43. The number of nitrogens with zero attached hydrogens (tertiary/aromatic N) is 1. The molecule has 72 valence electrons. The molecule has 0 spiro atoms. The molecule has 0 radical (unpaired) electrons. The van der Waals surface area contributed by atoms with Crippen molar-refractivity contribution < 1.29 is 8.42 Å². The van der Waals surface area contributed by atoms with E-state index in [0.29, 0.717) is 0 Å². The van der Waals surface area contributed by atoms with Gasteiger partial charge in [0.05, 0.1) is 4.90 Å². The normalized spacial score (nSPS) is 14.1. The lowest BCUT2D eigenvalue weighted by Gasteiger charge is -2.05. The predicted octanol–water partition coefficient (Wildman–Crippen LogP) is 0.505. The van der Waals surface area contributed by atoms with Crippen LogP contribution in [0.4, 0.5) is 0 Å². The minimum Gasteiger partial charge on any atom is -0.324 e. The van der Waals surface area contributed by atoms with Crippen molar-refractivity contribution in [2.75, 3.05) is 6.26 Å². The molecule has 0 amide bonds. The molecule has 1 aromatic heterocycles. The Morgan fingerprint density at radius 3 is 2.54 bits per heavy atom. The zero-order valence-corrected chi connectivity index (χ0v) is 8.38. The molecule has 0 aliphatic rings. The molecule has 5 heteroatoms. The summed E-state index contributed by atoms with van der Waals surface area (Å²) in [5.74, 6) is 0. The van der Waals surface area contributed by atoms with Crippen LogP contribution >= 0.6 is 0 Å². The van der Waals surface area contributed by atoms with E-state index >= 15 is 0 Å². The molecule has 0 aliphatic carbocycles. The Balaban J connectivity index is 3.21. The van der Waals surface area contributed by atoms with Gasteiger partial charge in [-0.25, -0.2) is 8.42 Å². The SMILES string of the molecule is C[C@H](N)c1cncc(S(C)(=O)=O)c1. The molecule has 1 rings (SSSR count). The average molecular weight is 200 g/mol. The Bertz CT molecular complexity index is 398. The minimum absolute atomic E-state index is 0.200. The Morgan fingerprint density at radius 2 is 2.08 bits per heavy atom. The summed E-state index contributed by atoms with van der Waals surface area (Å²) in [4.78, 5) is 4.02. The molecule has 0 unspecified atom stereocenters. The van der Waals surface area contributed by atoms with Crippen molar-refractivity contribution in [3.8, 4) is 0 Å². The molecule has 4 nitrogen and oxygen atoms in total. The van der Waals surface area contributed by atoms with E-state index in [0.717, 1.165) is 11.8 Å². The van der Waals surface area contributed by atoms with E-state index in [1.807, 2.05) is 0 Å². The Kier molecular flexibility index (Phi) is 2.68. The molecule has 0 aliphatic heterocycles. The number of hydrogen-bond acceptors (Lipinski definition) is 4. The number of rotatable bonds is 2. The highest BCUT2D eigenvalue weighted by atomic mass is 32.2. The fourth-order valence-electron chi connectivity index (χ4n) is 0.887. The molecule has 13 heavy (non-hydrogen) atoms. The van der Waals surface area contributed by atoms with Gasteiger partial charge in [0.2, 0.25) is 0 Å². The monoisotopic (exact) mass is 200 g/mol. The van der Waals surface area contributed by atoms with E-state index in [2.05, 4.69) is 4.98 Å². The van der Waals surface area contributed by atoms with E-state index in [-0.39, 0.29) is 10.9 Å². The third kappa shape index (κ3) is 2.50. The number of nitrogens with two attached hydrogens (primary N) is 1. The minimum atomic E-state index is -3.18. The zero-order chi connectivity index (χ0) is 10.1. The summed E-state index contributed by atoms with van der Waals surface area (Å²) in [6.07, 6.45) is 4.04. The maximum absolute atomic E-state index is 11.1. The van der Waals surface area contributed by atoms with Crippen LogP contribution in [0, 0.1) is 0 Å². The largest absolute Gasteiger partial charge is 0.324 e. The van der Waals surface area contributed by atoms with Crippen molar-refractivity contribution in [1.82, 2.24) is 4.98 Å². The molecule has 0 saturated carbocycles. The molecule has 1 aromatic rings. The van der Waals surface area contributed by atoms with Crippen molar-refractivity contribution in [2.45, 2.75) is 17.9 Å². The van der Waals surface area contributed by atoms with Crippen LogP contribution in [-0.4, -0.2) is 19.7 Å². The van der Waals surface area contributed by atoms with Crippen LogP contribution in [-0.2, 0) is 9.84 Å². The summed E-state index contributed by atoms with van der Waals surface area (Å²) in [6.45, 7) is 1.78. The fraction of sp³-hybridized carbons (Fsp3) is 0.375. The summed E-state index contributed by atoms with van der Waals surface area (Å²) < 4.78 is 22.3. The Hall–Kier alpha value is -0.940. The van der Waals surface area contributed by atoms with Gasteiger partial charge in [-0.3, -0.25) is 4.98 Å². The predicted molar refractivity (Wildman–Crippen MR) is 49.9 cm³/mol. The van der Waals surface area contributed by atoms with Crippen molar-refractivity contribution in [1.29, 1.82) is 0 Å². The molecule has 1 heterocycles. The van der Waals surface area contributed by atoms with Gasteiger partial charge in [0.15, 0.2) is 9.84 Å². The lowest BCUT2D eigenvalue weighted by Crippen LogP contribution is -2.07. The van der Waals surface area contributed by atoms with Crippen molar-refractivity contribution in [2.24, 2.45) is 5.73 Å². The molecular weight excluding hydrogens is 188 g/mol. The molecule has 0 fully saturated rings. The van der Waals surface area contributed by atoms with E-state index in [1.54, 1.807) is 19.2 Å². The topological polar surface area (TPSA) is 73.0 Å². The van der Waals surface area contributed by atoms with Gasteiger partial charge in [-0.05, 0) is 18.6 Å². The first-order chi connectivity index (χ1) is 5.91. The van der Waals surface area contributed by atoms with Gasteiger partial charge in [-0.2, -0.15) is 0 Å². The summed E-state index contributed by atoms with van der Waals surface area (Å²) in [6, 6.07) is 1.35. The summed E-state index contributed by atoms with van der Waals surface area (Å²) in [7, 11) is -3.18. The molecule has 0 aromatic carbocycles. The van der Waals surface area contributed by atoms with Gasteiger partial charge in [0.25, 0.3) is 0 Å². The molecule has 2 N–H and O–H groups in total. The number of hydrogen-bond donors (Lipinski definition) is 1. The Morgan fingerprint density at radius 1 is 1.46 bits per heavy atom.